The maximum atomic E-state index is 12.5. The van der Waals surface area contributed by atoms with Crippen molar-refractivity contribution in [1.82, 2.24) is 24.8 Å². The van der Waals surface area contributed by atoms with Crippen LogP contribution in [0.1, 0.15) is 38.5 Å². The Hall–Kier alpha value is -2.68. The van der Waals surface area contributed by atoms with Gasteiger partial charge in [0.25, 0.3) is 0 Å². The van der Waals surface area contributed by atoms with E-state index in [0.717, 1.165) is 55.6 Å². The molecule has 3 aromatic heterocycles. The minimum Gasteiger partial charge on any atom is -0.356 e. The molecule has 0 radical (unpaired) electrons. The number of hydrogen-bond acceptors (Lipinski definition) is 6. The van der Waals surface area contributed by atoms with E-state index in [1.165, 1.54) is 24.2 Å². The number of anilines is 2. The third-order valence-electron chi connectivity index (χ3n) is 6.99. The predicted octanol–water partition coefficient (Wildman–Crippen LogP) is 4.11. The predicted molar refractivity (Wildman–Crippen MR) is 119 cm³/mol. The maximum Gasteiger partial charge on any atom is 0.323 e. The summed E-state index contributed by atoms with van der Waals surface area (Å²) in [5, 5.41) is 6.54. The smallest absolute Gasteiger partial charge is 0.323 e. The van der Waals surface area contributed by atoms with Gasteiger partial charge in [-0.15, -0.1) is 11.3 Å². The zero-order chi connectivity index (χ0) is 20.6. The number of rotatable bonds is 3. The Morgan fingerprint density at radius 2 is 2.03 bits per heavy atom. The van der Waals surface area contributed by atoms with E-state index in [2.05, 4.69) is 43.3 Å². The van der Waals surface area contributed by atoms with Crippen LogP contribution in [0, 0.1) is 5.41 Å². The summed E-state index contributed by atoms with van der Waals surface area (Å²) in [6.07, 6.45) is 12.2. The summed E-state index contributed by atoms with van der Waals surface area (Å²) in [4.78, 5) is 32.9. The van der Waals surface area contributed by atoms with Crippen LogP contribution >= 0.6 is 11.3 Å². The van der Waals surface area contributed by atoms with Crippen molar-refractivity contribution in [3.8, 4) is 0 Å². The van der Waals surface area contributed by atoms with Crippen LogP contribution in [0.2, 0.25) is 0 Å². The molecule has 30 heavy (non-hydrogen) atoms. The molecule has 3 aromatic rings. The molecule has 2 aliphatic rings. The number of aromatic amines is 1. The molecule has 0 unspecified atom stereocenters. The number of likely N-dealkylation sites (tertiary alicyclic amines) is 1. The monoisotopic (exact) mass is 425 g/mol. The van der Waals surface area contributed by atoms with Crippen molar-refractivity contribution in [2.24, 2.45) is 5.41 Å². The van der Waals surface area contributed by atoms with Crippen molar-refractivity contribution in [2.75, 3.05) is 30.4 Å². The Bertz CT molecular complexity index is 999. The quantitative estimate of drug-likeness (QED) is 0.659. The lowest BCUT2D eigenvalue weighted by Crippen LogP contribution is -2.47. The molecule has 8 nitrogen and oxygen atoms in total. The van der Waals surface area contributed by atoms with Crippen molar-refractivity contribution in [2.45, 2.75) is 44.6 Å². The Balaban J connectivity index is 1.17. The minimum absolute atomic E-state index is 0.0208. The molecule has 4 heterocycles. The van der Waals surface area contributed by atoms with Gasteiger partial charge in [0.15, 0.2) is 5.13 Å². The molecule has 1 saturated heterocycles. The van der Waals surface area contributed by atoms with Gasteiger partial charge in [0, 0.05) is 44.0 Å². The second-order valence-electron chi connectivity index (χ2n) is 8.53. The summed E-state index contributed by atoms with van der Waals surface area (Å²) >= 11 is 1.45. The zero-order valence-corrected chi connectivity index (χ0v) is 18.0. The van der Waals surface area contributed by atoms with Crippen LogP contribution in [-0.4, -0.2) is 57.0 Å². The van der Waals surface area contributed by atoms with E-state index in [9.17, 15) is 4.79 Å². The second kappa shape index (κ2) is 7.86. The number of fused-ring (bicyclic) bond motifs is 1. The molecule has 1 aliphatic heterocycles. The van der Waals surface area contributed by atoms with E-state index in [-0.39, 0.29) is 6.03 Å². The average Bonchev–Trinajstić information content (AvgIpc) is 3.46. The lowest BCUT2D eigenvalue weighted by Gasteiger charge is -2.47. The highest BCUT2D eigenvalue weighted by molar-refractivity contribution is 7.13. The fourth-order valence-electron chi connectivity index (χ4n) is 5.05. The summed E-state index contributed by atoms with van der Waals surface area (Å²) in [6, 6.07) is 2.53. The standard InChI is InChI=1S/C21H27N7OS/c1-27(18-16-4-9-22-17(16)24-14-25-18)15-2-5-21(6-3-15)7-11-28(12-8-21)20(29)26-19-23-10-13-30-19/h4,9-10,13-15H,2-3,5-8,11-12H2,1H3,(H,22,24,25)(H,23,26,29). The van der Waals surface area contributed by atoms with Gasteiger partial charge in [0.05, 0.1) is 5.39 Å². The van der Waals surface area contributed by atoms with E-state index < -0.39 is 0 Å². The van der Waals surface area contributed by atoms with Gasteiger partial charge in [-0.2, -0.15) is 0 Å². The summed E-state index contributed by atoms with van der Waals surface area (Å²) < 4.78 is 0. The van der Waals surface area contributed by atoms with Crippen molar-refractivity contribution in [3.05, 3.63) is 30.2 Å². The Morgan fingerprint density at radius 1 is 1.23 bits per heavy atom. The molecular weight excluding hydrogens is 398 g/mol. The van der Waals surface area contributed by atoms with Gasteiger partial charge in [-0.25, -0.2) is 19.7 Å². The fraction of sp³-hybridized carbons (Fsp3) is 0.524. The van der Waals surface area contributed by atoms with Gasteiger partial charge in [-0.05, 0) is 50.0 Å². The molecule has 0 atom stereocenters. The summed E-state index contributed by atoms with van der Waals surface area (Å²) in [6.45, 7) is 1.65. The normalized spacial score (nSPS) is 19.3. The van der Waals surface area contributed by atoms with Crippen LogP contribution in [0.25, 0.3) is 11.0 Å². The molecule has 2 amide bonds. The van der Waals surface area contributed by atoms with Crippen molar-refractivity contribution in [3.63, 3.8) is 0 Å². The molecule has 2 N–H and O–H groups in total. The summed E-state index contributed by atoms with van der Waals surface area (Å²) in [7, 11) is 2.16. The molecule has 2 fully saturated rings. The first-order valence-corrected chi connectivity index (χ1v) is 11.5. The van der Waals surface area contributed by atoms with E-state index in [0.29, 0.717) is 16.6 Å². The average molecular weight is 426 g/mol. The van der Waals surface area contributed by atoms with Crippen LogP contribution in [0.3, 0.4) is 0 Å². The molecule has 1 spiro atoms. The Kier molecular flexibility index (Phi) is 5.06. The van der Waals surface area contributed by atoms with Gasteiger partial charge in [-0.1, -0.05) is 0 Å². The van der Waals surface area contributed by atoms with Gasteiger partial charge in [0.1, 0.15) is 17.8 Å². The van der Waals surface area contributed by atoms with E-state index in [1.807, 2.05) is 16.5 Å². The summed E-state index contributed by atoms with van der Waals surface area (Å²) in [5.74, 6) is 1.01. The maximum absolute atomic E-state index is 12.5. The number of hydrogen-bond donors (Lipinski definition) is 2. The fourth-order valence-corrected chi connectivity index (χ4v) is 5.57. The lowest BCUT2D eigenvalue weighted by atomic mass is 9.67. The van der Waals surface area contributed by atoms with Crippen LogP contribution in [-0.2, 0) is 0 Å². The van der Waals surface area contributed by atoms with Crippen molar-refractivity contribution >= 4 is 39.4 Å². The number of carbonyl (C=O) groups excluding carboxylic acids is 1. The highest BCUT2D eigenvalue weighted by Gasteiger charge is 2.40. The number of nitrogens with one attached hydrogen (secondary N) is 2. The number of H-pyrrole nitrogens is 1. The first-order valence-electron chi connectivity index (χ1n) is 10.6. The van der Waals surface area contributed by atoms with Gasteiger partial charge >= 0.3 is 6.03 Å². The number of carbonyl (C=O) groups is 1. The lowest BCUT2D eigenvalue weighted by molar-refractivity contribution is 0.0786. The van der Waals surface area contributed by atoms with E-state index >= 15 is 0 Å². The molecular formula is C21H27N7OS. The number of piperidine rings is 1. The van der Waals surface area contributed by atoms with Gasteiger partial charge in [-0.3, -0.25) is 5.32 Å². The molecule has 0 aromatic carbocycles. The molecule has 158 valence electrons. The minimum atomic E-state index is -0.0208. The van der Waals surface area contributed by atoms with Crippen LogP contribution < -0.4 is 10.2 Å². The van der Waals surface area contributed by atoms with E-state index in [1.54, 1.807) is 12.5 Å². The molecule has 9 heteroatoms. The first kappa shape index (κ1) is 19.3. The van der Waals surface area contributed by atoms with Crippen LogP contribution in [0.15, 0.2) is 30.2 Å². The zero-order valence-electron chi connectivity index (χ0n) is 17.2. The number of amides is 2. The molecule has 5 rings (SSSR count). The van der Waals surface area contributed by atoms with Crippen molar-refractivity contribution in [1.29, 1.82) is 0 Å². The molecule has 1 aliphatic carbocycles. The molecule has 1 saturated carbocycles. The van der Waals surface area contributed by atoms with Crippen LogP contribution in [0.4, 0.5) is 15.7 Å². The van der Waals surface area contributed by atoms with Crippen LogP contribution in [0.5, 0.6) is 0 Å². The SMILES string of the molecule is CN(c1ncnc2[nH]ccc12)C1CCC2(CC1)CCN(C(=O)Nc1nccs1)CC2. The van der Waals surface area contributed by atoms with Gasteiger partial charge in [0.2, 0.25) is 0 Å². The third-order valence-corrected chi connectivity index (χ3v) is 7.68. The largest absolute Gasteiger partial charge is 0.356 e. The topological polar surface area (TPSA) is 90.0 Å². The number of thiazole rings is 1. The third kappa shape index (κ3) is 3.62. The first-order chi connectivity index (χ1) is 14.6. The second-order valence-corrected chi connectivity index (χ2v) is 9.43. The van der Waals surface area contributed by atoms with Gasteiger partial charge < -0.3 is 14.8 Å². The number of nitrogens with zero attached hydrogens (tertiary/aromatic N) is 5. The Morgan fingerprint density at radius 3 is 2.77 bits per heavy atom. The van der Waals surface area contributed by atoms with Crippen molar-refractivity contribution < 1.29 is 4.79 Å². The number of urea groups is 1. The molecule has 0 bridgehead atoms. The van der Waals surface area contributed by atoms with E-state index in [4.69, 9.17) is 0 Å². The number of aromatic nitrogens is 4. The Labute approximate surface area is 179 Å². The highest BCUT2D eigenvalue weighted by Crippen LogP contribution is 2.46. The summed E-state index contributed by atoms with van der Waals surface area (Å²) in [5.41, 5.74) is 1.27. The highest BCUT2D eigenvalue weighted by atomic mass is 32.1.